The van der Waals surface area contributed by atoms with E-state index in [1.54, 1.807) is 0 Å². The number of rotatable bonds is 7. The van der Waals surface area contributed by atoms with E-state index in [0.717, 1.165) is 13.0 Å². The Bertz CT molecular complexity index is 138. The van der Waals surface area contributed by atoms with E-state index >= 15 is 0 Å². The van der Waals surface area contributed by atoms with Crippen molar-refractivity contribution in [2.75, 3.05) is 26.3 Å². The maximum Gasteiger partial charge on any atom is 0.233 e. The van der Waals surface area contributed by atoms with Crippen LogP contribution < -0.4 is 11.1 Å². The van der Waals surface area contributed by atoms with E-state index in [1.165, 1.54) is 0 Å². The van der Waals surface area contributed by atoms with E-state index in [4.69, 9.17) is 10.5 Å². The minimum absolute atomic E-state index is 0.0476. The minimum atomic E-state index is -0.132. The van der Waals surface area contributed by atoms with Crippen LogP contribution >= 0.6 is 0 Å². The number of carbonyl (C=O) groups is 1. The van der Waals surface area contributed by atoms with Crippen molar-refractivity contribution in [1.29, 1.82) is 0 Å². The lowest BCUT2D eigenvalue weighted by Gasteiger charge is -2.06. The molecule has 0 aromatic rings. The molecule has 0 rings (SSSR count). The van der Waals surface area contributed by atoms with Crippen molar-refractivity contribution in [3.63, 3.8) is 0 Å². The van der Waals surface area contributed by atoms with Gasteiger partial charge < -0.3 is 15.8 Å². The summed E-state index contributed by atoms with van der Waals surface area (Å²) < 4.78 is 5.28. The quantitative estimate of drug-likeness (QED) is 0.558. The molecule has 0 aromatic carbocycles. The predicted octanol–water partition coefficient (Wildman–Crippen LogP) is 0.124. The van der Waals surface area contributed by atoms with Crippen LogP contribution in [0.2, 0.25) is 0 Å². The van der Waals surface area contributed by atoms with Gasteiger partial charge in [-0.1, -0.05) is 13.8 Å². The zero-order chi connectivity index (χ0) is 10.1. The third-order valence-electron chi connectivity index (χ3n) is 1.59. The molecule has 0 aromatic heterocycles. The first kappa shape index (κ1) is 12.4. The summed E-state index contributed by atoms with van der Waals surface area (Å²) in [6, 6.07) is 0. The Morgan fingerprint density at radius 1 is 1.46 bits per heavy atom. The summed E-state index contributed by atoms with van der Waals surface area (Å²) in [6.07, 6.45) is 1.06. The predicted molar refractivity (Wildman–Crippen MR) is 52.3 cm³/mol. The summed E-state index contributed by atoms with van der Waals surface area (Å²) >= 11 is 0. The number of amides is 1. The molecule has 0 saturated heterocycles. The lowest BCUT2D eigenvalue weighted by atomic mass is 10.1. The molecule has 0 bridgehead atoms. The van der Waals surface area contributed by atoms with Crippen molar-refractivity contribution in [1.82, 2.24) is 5.32 Å². The van der Waals surface area contributed by atoms with Crippen molar-refractivity contribution in [3.8, 4) is 0 Å². The van der Waals surface area contributed by atoms with E-state index < -0.39 is 0 Å². The highest BCUT2D eigenvalue weighted by molar-refractivity contribution is 5.77. The maximum absolute atomic E-state index is 10.7. The normalized spacial score (nSPS) is 10.5. The molecule has 13 heavy (non-hydrogen) atoms. The van der Waals surface area contributed by atoms with Gasteiger partial charge in [-0.05, 0) is 12.3 Å². The molecule has 78 valence electrons. The first-order valence-electron chi connectivity index (χ1n) is 4.71. The molecule has 0 radical (unpaired) electrons. The number of hydrogen-bond donors (Lipinski definition) is 2. The van der Waals surface area contributed by atoms with Gasteiger partial charge in [0.25, 0.3) is 0 Å². The van der Waals surface area contributed by atoms with Gasteiger partial charge in [0.1, 0.15) is 0 Å². The van der Waals surface area contributed by atoms with Crippen molar-refractivity contribution >= 4 is 5.91 Å². The largest absolute Gasteiger partial charge is 0.380 e. The highest BCUT2D eigenvalue weighted by Crippen LogP contribution is 1.97. The van der Waals surface area contributed by atoms with Crippen LogP contribution in [-0.2, 0) is 9.53 Å². The molecule has 4 heteroatoms. The highest BCUT2D eigenvalue weighted by Gasteiger charge is 1.96. The van der Waals surface area contributed by atoms with Crippen molar-refractivity contribution < 1.29 is 9.53 Å². The summed E-state index contributed by atoms with van der Waals surface area (Å²) in [7, 11) is 0. The van der Waals surface area contributed by atoms with Gasteiger partial charge in [-0.15, -0.1) is 0 Å². The summed E-state index contributed by atoms with van der Waals surface area (Å²) in [5, 5.41) is 2.63. The Morgan fingerprint density at radius 3 is 2.69 bits per heavy atom. The Balaban J connectivity index is 3.04. The van der Waals surface area contributed by atoms with Crippen LogP contribution in [0, 0.1) is 5.92 Å². The molecule has 0 unspecified atom stereocenters. The van der Waals surface area contributed by atoms with E-state index in [0.29, 0.717) is 19.1 Å². The average Bonchev–Trinajstić information content (AvgIpc) is 2.10. The van der Waals surface area contributed by atoms with Gasteiger partial charge in [0, 0.05) is 13.2 Å². The van der Waals surface area contributed by atoms with Crippen LogP contribution in [0.1, 0.15) is 20.3 Å². The average molecular weight is 188 g/mol. The second-order valence-corrected chi connectivity index (χ2v) is 3.35. The summed E-state index contributed by atoms with van der Waals surface area (Å²) in [5.74, 6) is 0.533. The SMILES string of the molecule is CC(C)CCOCCNC(=O)CN. The maximum atomic E-state index is 10.7. The molecule has 1 amide bonds. The molecule has 0 saturated carbocycles. The first-order valence-corrected chi connectivity index (χ1v) is 4.71. The fourth-order valence-corrected chi connectivity index (χ4v) is 0.756. The van der Waals surface area contributed by atoms with E-state index in [2.05, 4.69) is 19.2 Å². The van der Waals surface area contributed by atoms with Gasteiger partial charge >= 0.3 is 0 Å². The smallest absolute Gasteiger partial charge is 0.233 e. The summed E-state index contributed by atoms with van der Waals surface area (Å²) in [6.45, 7) is 6.23. The van der Waals surface area contributed by atoms with Gasteiger partial charge in [-0.25, -0.2) is 0 Å². The van der Waals surface area contributed by atoms with Gasteiger partial charge in [-0.3, -0.25) is 4.79 Å². The zero-order valence-electron chi connectivity index (χ0n) is 8.51. The molecule has 0 aliphatic rings. The Kier molecular flexibility index (Phi) is 7.63. The molecule has 0 aliphatic heterocycles. The van der Waals surface area contributed by atoms with Crippen LogP contribution in [0.25, 0.3) is 0 Å². The summed E-state index contributed by atoms with van der Waals surface area (Å²) in [5.41, 5.74) is 5.10. The van der Waals surface area contributed by atoms with Gasteiger partial charge in [0.05, 0.1) is 13.2 Å². The minimum Gasteiger partial charge on any atom is -0.380 e. The van der Waals surface area contributed by atoms with E-state index in [1.807, 2.05) is 0 Å². The molecule has 0 aliphatic carbocycles. The second-order valence-electron chi connectivity index (χ2n) is 3.35. The topological polar surface area (TPSA) is 64.3 Å². The van der Waals surface area contributed by atoms with Crippen molar-refractivity contribution in [3.05, 3.63) is 0 Å². The van der Waals surface area contributed by atoms with Crippen LogP contribution in [0.5, 0.6) is 0 Å². The van der Waals surface area contributed by atoms with Gasteiger partial charge in [0.2, 0.25) is 5.91 Å². The Labute approximate surface area is 79.8 Å². The van der Waals surface area contributed by atoms with Crippen LogP contribution in [0.4, 0.5) is 0 Å². The monoisotopic (exact) mass is 188 g/mol. The number of nitrogens with one attached hydrogen (secondary N) is 1. The second kappa shape index (κ2) is 8.01. The molecule has 0 fully saturated rings. The first-order chi connectivity index (χ1) is 6.16. The number of hydrogen-bond acceptors (Lipinski definition) is 3. The molecular formula is C9H20N2O2. The zero-order valence-corrected chi connectivity index (χ0v) is 8.51. The number of ether oxygens (including phenoxy) is 1. The van der Waals surface area contributed by atoms with Crippen molar-refractivity contribution in [2.45, 2.75) is 20.3 Å². The third-order valence-corrected chi connectivity index (χ3v) is 1.59. The lowest BCUT2D eigenvalue weighted by molar-refractivity contribution is -0.119. The Morgan fingerprint density at radius 2 is 2.15 bits per heavy atom. The third kappa shape index (κ3) is 9.30. The van der Waals surface area contributed by atoms with Gasteiger partial charge in [0.15, 0.2) is 0 Å². The van der Waals surface area contributed by atoms with Crippen LogP contribution in [0.3, 0.4) is 0 Å². The number of carbonyl (C=O) groups excluding carboxylic acids is 1. The molecule has 0 spiro atoms. The fraction of sp³-hybridized carbons (Fsp3) is 0.889. The Hall–Kier alpha value is -0.610. The summed E-state index contributed by atoms with van der Waals surface area (Å²) in [4.78, 5) is 10.7. The molecule has 0 atom stereocenters. The standard InChI is InChI=1S/C9H20N2O2/c1-8(2)3-5-13-6-4-11-9(12)7-10/h8H,3-7,10H2,1-2H3,(H,11,12). The fourth-order valence-electron chi connectivity index (χ4n) is 0.756. The molecule has 0 heterocycles. The molecule has 3 N–H and O–H groups in total. The number of nitrogens with two attached hydrogens (primary N) is 1. The highest BCUT2D eigenvalue weighted by atomic mass is 16.5. The van der Waals surface area contributed by atoms with Crippen molar-refractivity contribution in [2.24, 2.45) is 11.7 Å². The van der Waals surface area contributed by atoms with E-state index in [9.17, 15) is 4.79 Å². The van der Waals surface area contributed by atoms with Crippen LogP contribution in [-0.4, -0.2) is 32.2 Å². The molecular weight excluding hydrogens is 168 g/mol. The van der Waals surface area contributed by atoms with E-state index in [-0.39, 0.29) is 12.5 Å². The van der Waals surface area contributed by atoms with Crippen LogP contribution in [0.15, 0.2) is 0 Å². The lowest BCUT2D eigenvalue weighted by Crippen LogP contribution is -2.32. The van der Waals surface area contributed by atoms with Gasteiger partial charge in [-0.2, -0.15) is 0 Å². The molecule has 4 nitrogen and oxygen atoms in total.